The first-order chi connectivity index (χ1) is 13.5. The molecule has 1 amide bonds. The molecule has 1 heterocycles. The van der Waals surface area contributed by atoms with Gasteiger partial charge in [0.25, 0.3) is 5.91 Å². The molecule has 0 radical (unpaired) electrons. The zero-order chi connectivity index (χ0) is 20.0. The first kappa shape index (κ1) is 19.7. The van der Waals surface area contributed by atoms with Crippen molar-refractivity contribution in [1.82, 2.24) is 9.71 Å². The van der Waals surface area contributed by atoms with E-state index in [1.807, 2.05) is 31.2 Å². The predicted octanol–water partition coefficient (Wildman–Crippen LogP) is 3.37. The molecule has 3 rings (SSSR count). The minimum absolute atomic E-state index is 0.104. The molecule has 0 fully saturated rings. The summed E-state index contributed by atoms with van der Waals surface area (Å²) in [6.07, 6.45) is 4.01. The van der Waals surface area contributed by atoms with Gasteiger partial charge in [0.15, 0.2) is 0 Å². The first-order valence-electron chi connectivity index (χ1n) is 8.87. The molecule has 7 heteroatoms. The van der Waals surface area contributed by atoms with E-state index >= 15 is 0 Å². The number of anilines is 1. The number of hydrogen-bond donors (Lipinski definition) is 2. The van der Waals surface area contributed by atoms with E-state index < -0.39 is 10.0 Å². The van der Waals surface area contributed by atoms with Crippen molar-refractivity contribution in [3.63, 3.8) is 0 Å². The molecule has 2 aromatic carbocycles. The Morgan fingerprint density at radius 1 is 0.964 bits per heavy atom. The summed E-state index contributed by atoms with van der Waals surface area (Å²) in [6.45, 7) is 2.19. The minimum atomic E-state index is -3.67. The fourth-order valence-corrected chi connectivity index (χ4v) is 3.71. The molecule has 6 nitrogen and oxygen atoms in total. The summed E-state index contributed by atoms with van der Waals surface area (Å²) in [5.74, 6) is -0.283. The molecule has 0 atom stereocenters. The molecular weight excluding hydrogens is 374 g/mol. The van der Waals surface area contributed by atoms with Gasteiger partial charge in [-0.2, -0.15) is 0 Å². The van der Waals surface area contributed by atoms with Crippen LogP contribution in [0.15, 0.2) is 78.0 Å². The third kappa shape index (κ3) is 4.82. The normalized spacial score (nSPS) is 11.2. The molecule has 0 aliphatic carbocycles. The van der Waals surface area contributed by atoms with E-state index in [9.17, 15) is 13.2 Å². The van der Waals surface area contributed by atoms with E-state index in [4.69, 9.17) is 0 Å². The van der Waals surface area contributed by atoms with E-state index in [0.717, 1.165) is 23.2 Å². The summed E-state index contributed by atoms with van der Waals surface area (Å²) in [5.41, 5.74) is 2.99. The van der Waals surface area contributed by atoms with Crippen LogP contribution in [0, 0.1) is 0 Å². The monoisotopic (exact) mass is 395 g/mol. The first-order valence-corrected chi connectivity index (χ1v) is 10.4. The van der Waals surface area contributed by atoms with E-state index in [-0.39, 0.29) is 17.3 Å². The lowest BCUT2D eigenvalue weighted by molar-refractivity contribution is 0.102. The number of carbonyl (C=O) groups is 1. The van der Waals surface area contributed by atoms with Crippen molar-refractivity contribution in [2.75, 3.05) is 5.32 Å². The van der Waals surface area contributed by atoms with Gasteiger partial charge < -0.3 is 5.32 Å². The Morgan fingerprint density at radius 3 is 2.32 bits per heavy atom. The summed E-state index contributed by atoms with van der Waals surface area (Å²) in [5, 5.41) is 2.87. The molecular formula is C21H21N3O3S. The van der Waals surface area contributed by atoms with Crippen LogP contribution in [0.4, 0.5) is 5.69 Å². The molecule has 144 valence electrons. The average Bonchev–Trinajstić information content (AvgIpc) is 2.73. The van der Waals surface area contributed by atoms with E-state index in [2.05, 4.69) is 15.0 Å². The molecule has 0 bridgehead atoms. The largest absolute Gasteiger partial charge is 0.322 e. The number of para-hydroxylation sites is 1. The molecule has 0 spiro atoms. The highest BCUT2D eigenvalue weighted by Gasteiger charge is 2.15. The van der Waals surface area contributed by atoms with E-state index in [0.29, 0.717) is 5.56 Å². The van der Waals surface area contributed by atoms with Gasteiger partial charge in [-0.3, -0.25) is 9.78 Å². The smallest absolute Gasteiger partial charge is 0.255 e. The highest BCUT2D eigenvalue weighted by Crippen LogP contribution is 2.17. The molecule has 2 N–H and O–H groups in total. The summed E-state index contributed by atoms with van der Waals surface area (Å²) in [6, 6.07) is 16.9. The number of nitrogens with zero attached hydrogens (tertiary/aromatic N) is 1. The Bertz CT molecular complexity index is 1050. The molecule has 0 unspecified atom stereocenters. The predicted molar refractivity (Wildman–Crippen MR) is 108 cm³/mol. The van der Waals surface area contributed by atoms with Crippen LogP contribution in [0.2, 0.25) is 0 Å². The summed E-state index contributed by atoms with van der Waals surface area (Å²) >= 11 is 0. The van der Waals surface area contributed by atoms with Gasteiger partial charge >= 0.3 is 0 Å². The SMILES string of the molecule is CCc1ccccc1NC(=O)c1ccc(S(=O)(=O)NCc2ccncc2)cc1. The lowest BCUT2D eigenvalue weighted by Gasteiger charge is -2.10. The standard InChI is InChI=1S/C21H21N3O3S/c1-2-17-5-3-4-6-20(17)24-21(25)18-7-9-19(10-8-18)28(26,27)23-15-16-11-13-22-14-12-16/h3-14,23H,2,15H2,1H3,(H,24,25). The van der Waals surface area contributed by atoms with Crippen molar-refractivity contribution in [3.05, 3.63) is 89.7 Å². The Morgan fingerprint density at radius 2 is 1.64 bits per heavy atom. The van der Waals surface area contributed by atoms with Gasteiger partial charge in [0.1, 0.15) is 0 Å². The highest BCUT2D eigenvalue weighted by atomic mass is 32.2. The number of aryl methyl sites for hydroxylation is 1. The van der Waals surface area contributed by atoms with Crippen LogP contribution in [0.25, 0.3) is 0 Å². The van der Waals surface area contributed by atoms with E-state index in [1.54, 1.807) is 24.5 Å². The molecule has 28 heavy (non-hydrogen) atoms. The number of pyridine rings is 1. The molecule has 1 aromatic heterocycles. The van der Waals surface area contributed by atoms with Gasteiger partial charge in [-0.05, 0) is 60.0 Å². The Labute approximate surface area is 164 Å². The van der Waals surface area contributed by atoms with Crippen molar-refractivity contribution in [1.29, 1.82) is 0 Å². The van der Waals surface area contributed by atoms with Gasteiger partial charge in [-0.15, -0.1) is 0 Å². The number of rotatable bonds is 7. The van der Waals surface area contributed by atoms with Gasteiger partial charge in [0, 0.05) is 30.2 Å². The summed E-state index contributed by atoms with van der Waals surface area (Å²) in [7, 11) is -3.67. The third-order valence-electron chi connectivity index (χ3n) is 4.29. The van der Waals surface area contributed by atoms with Crippen molar-refractivity contribution < 1.29 is 13.2 Å². The molecule has 0 saturated heterocycles. The molecule has 3 aromatic rings. The van der Waals surface area contributed by atoms with E-state index in [1.165, 1.54) is 24.3 Å². The maximum absolute atomic E-state index is 12.5. The topological polar surface area (TPSA) is 88.2 Å². The minimum Gasteiger partial charge on any atom is -0.322 e. The quantitative estimate of drug-likeness (QED) is 0.642. The Balaban J connectivity index is 1.69. The van der Waals surface area contributed by atoms with Crippen LogP contribution >= 0.6 is 0 Å². The number of carbonyl (C=O) groups excluding carboxylic acids is 1. The van der Waals surface area contributed by atoms with Crippen molar-refractivity contribution >= 4 is 21.6 Å². The zero-order valence-corrected chi connectivity index (χ0v) is 16.2. The maximum Gasteiger partial charge on any atom is 0.255 e. The van der Waals surface area contributed by atoms with Gasteiger partial charge in [-0.1, -0.05) is 25.1 Å². The fraction of sp³-hybridized carbons (Fsp3) is 0.143. The molecule has 0 aliphatic heterocycles. The Kier molecular flexibility index (Phi) is 6.18. The number of aromatic nitrogens is 1. The van der Waals surface area contributed by atoms with Crippen molar-refractivity contribution in [2.45, 2.75) is 24.8 Å². The third-order valence-corrected chi connectivity index (χ3v) is 5.71. The summed E-state index contributed by atoms with van der Waals surface area (Å²) < 4.78 is 27.4. The van der Waals surface area contributed by atoms with Gasteiger partial charge in [-0.25, -0.2) is 13.1 Å². The van der Waals surface area contributed by atoms with Crippen molar-refractivity contribution in [2.24, 2.45) is 0 Å². The number of hydrogen-bond acceptors (Lipinski definition) is 4. The molecule has 0 aliphatic rings. The number of benzene rings is 2. The average molecular weight is 395 g/mol. The van der Waals surface area contributed by atoms with Crippen LogP contribution in [-0.4, -0.2) is 19.3 Å². The van der Waals surface area contributed by atoms with Crippen molar-refractivity contribution in [3.8, 4) is 0 Å². The lowest BCUT2D eigenvalue weighted by atomic mass is 10.1. The number of sulfonamides is 1. The second-order valence-corrected chi connectivity index (χ2v) is 7.94. The lowest BCUT2D eigenvalue weighted by Crippen LogP contribution is -2.23. The maximum atomic E-state index is 12.5. The second kappa shape index (κ2) is 8.77. The van der Waals surface area contributed by atoms with Crippen LogP contribution in [0.3, 0.4) is 0 Å². The van der Waals surface area contributed by atoms with Crippen LogP contribution < -0.4 is 10.0 Å². The number of amides is 1. The Hall–Kier alpha value is -3.03. The van der Waals surface area contributed by atoms with Gasteiger partial charge in [0.2, 0.25) is 10.0 Å². The molecule has 0 saturated carbocycles. The fourth-order valence-electron chi connectivity index (χ4n) is 2.69. The summed E-state index contributed by atoms with van der Waals surface area (Å²) in [4.78, 5) is 16.5. The zero-order valence-electron chi connectivity index (χ0n) is 15.4. The number of nitrogens with one attached hydrogen (secondary N) is 2. The van der Waals surface area contributed by atoms with Crippen LogP contribution in [0.5, 0.6) is 0 Å². The van der Waals surface area contributed by atoms with Crippen LogP contribution in [0.1, 0.15) is 28.4 Å². The second-order valence-electron chi connectivity index (χ2n) is 6.17. The highest BCUT2D eigenvalue weighted by molar-refractivity contribution is 7.89. The van der Waals surface area contributed by atoms with Crippen LogP contribution in [-0.2, 0) is 23.0 Å². The van der Waals surface area contributed by atoms with Gasteiger partial charge in [0.05, 0.1) is 4.90 Å².